The third kappa shape index (κ3) is 2.62. The highest BCUT2D eigenvalue weighted by molar-refractivity contribution is 5.97. The SMILES string of the molecule is CC(=O)Nc1ccc2c(c1)CCC(=O)N2CC1CC1. The van der Waals surface area contributed by atoms with E-state index in [9.17, 15) is 9.59 Å². The van der Waals surface area contributed by atoms with Gasteiger partial charge in [0.1, 0.15) is 0 Å². The third-order valence-electron chi connectivity index (χ3n) is 3.74. The fraction of sp³-hybridized carbons (Fsp3) is 0.467. The zero-order chi connectivity index (χ0) is 13.4. The van der Waals surface area contributed by atoms with Crippen LogP contribution in [0.3, 0.4) is 0 Å². The van der Waals surface area contributed by atoms with Crippen molar-refractivity contribution in [3.63, 3.8) is 0 Å². The molecule has 0 radical (unpaired) electrons. The van der Waals surface area contributed by atoms with Gasteiger partial charge in [0.15, 0.2) is 0 Å². The average molecular weight is 258 g/mol. The van der Waals surface area contributed by atoms with Crippen molar-refractivity contribution in [2.24, 2.45) is 5.92 Å². The molecule has 4 nitrogen and oxygen atoms in total. The molecule has 0 aromatic heterocycles. The van der Waals surface area contributed by atoms with Gasteiger partial charge >= 0.3 is 0 Å². The standard InChI is InChI=1S/C15H18N2O2/c1-10(18)16-13-5-6-14-12(8-13)4-7-15(19)17(14)9-11-2-3-11/h5-6,8,11H,2-4,7,9H2,1H3,(H,16,18). The van der Waals surface area contributed by atoms with E-state index in [-0.39, 0.29) is 11.8 Å². The Hall–Kier alpha value is -1.84. The van der Waals surface area contributed by atoms with Gasteiger partial charge in [-0.05, 0) is 48.9 Å². The van der Waals surface area contributed by atoms with Gasteiger partial charge in [-0.3, -0.25) is 9.59 Å². The van der Waals surface area contributed by atoms with Crippen molar-refractivity contribution in [2.45, 2.75) is 32.6 Å². The van der Waals surface area contributed by atoms with E-state index in [0.29, 0.717) is 12.3 Å². The van der Waals surface area contributed by atoms with Crippen LogP contribution in [-0.4, -0.2) is 18.4 Å². The molecule has 0 atom stereocenters. The van der Waals surface area contributed by atoms with Crippen LogP contribution in [0.15, 0.2) is 18.2 Å². The summed E-state index contributed by atoms with van der Waals surface area (Å²) in [6.07, 6.45) is 3.82. The molecule has 1 saturated carbocycles. The molecule has 1 heterocycles. The van der Waals surface area contributed by atoms with Crippen molar-refractivity contribution in [3.05, 3.63) is 23.8 Å². The van der Waals surface area contributed by atoms with Gasteiger partial charge in [0.25, 0.3) is 0 Å². The topological polar surface area (TPSA) is 49.4 Å². The monoisotopic (exact) mass is 258 g/mol. The predicted octanol–water partition coefficient (Wildman–Crippen LogP) is 2.33. The van der Waals surface area contributed by atoms with E-state index in [1.807, 2.05) is 23.1 Å². The highest BCUT2D eigenvalue weighted by Gasteiger charge is 2.30. The lowest BCUT2D eigenvalue weighted by atomic mass is 10.00. The van der Waals surface area contributed by atoms with Crippen LogP contribution in [0, 0.1) is 5.92 Å². The molecule has 1 aliphatic carbocycles. The van der Waals surface area contributed by atoms with Crippen molar-refractivity contribution < 1.29 is 9.59 Å². The Morgan fingerprint density at radius 2 is 2.16 bits per heavy atom. The molecule has 4 heteroatoms. The highest BCUT2D eigenvalue weighted by atomic mass is 16.2. The van der Waals surface area contributed by atoms with Crippen molar-refractivity contribution in [1.82, 2.24) is 0 Å². The van der Waals surface area contributed by atoms with E-state index in [4.69, 9.17) is 0 Å². The maximum atomic E-state index is 12.0. The van der Waals surface area contributed by atoms with Gasteiger partial charge in [0.2, 0.25) is 11.8 Å². The van der Waals surface area contributed by atoms with Gasteiger partial charge in [-0.2, -0.15) is 0 Å². The second kappa shape index (κ2) is 4.68. The smallest absolute Gasteiger partial charge is 0.227 e. The summed E-state index contributed by atoms with van der Waals surface area (Å²) in [4.78, 5) is 25.0. The number of carbonyl (C=O) groups excluding carboxylic acids is 2. The van der Waals surface area contributed by atoms with Crippen LogP contribution in [0.2, 0.25) is 0 Å². The van der Waals surface area contributed by atoms with Crippen molar-refractivity contribution >= 4 is 23.2 Å². The lowest BCUT2D eigenvalue weighted by Gasteiger charge is -2.30. The third-order valence-corrected chi connectivity index (χ3v) is 3.74. The molecule has 3 rings (SSSR count). The number of carbonyl (C=O) groups is 2. The Balaban J connectivity index is 1.87. The normalized spacial score (nSPS) is 18.2. The van der Waals surface area contributed by atoms with Crippen molar-refractivity contribution in [3.8, 4) is 0 Å². The minimum atomic E-state index is -0.0679. The first-order valence-electron chi connectivity index (χ1n) is 6.84. The first-order chi connectivity index (χ1) is 9.13. The zero-order valence-electron chi connectivity index (χ0n) is 11.1. The Bertz CT molecular complexity index is 535. The summed E-state index contributed by atoms with van der Waals surface area (Å²) in [5, 5.41) is 2.79. The maximum Gasteiger partial charge on any atom is 0.227 e. The van der Waals surface area contributed by atoms with E-state index in [2.05, 4.69) is 5.32 Å². The average Bonchev–Trinajstić information content (AvgIpc) is 3.16. The van der Waals surface area contributed by atoms with Gasteiger partial charge in [-0.1, -0.05) is 0 Å². The Kier molecular flexibility index (Phi) is 3.01. The van der Waals surface area contributed by atoms with E-state index in [1.54, 1.807) is 0 Å². The van der Waals surface area contributed by atoms with Crippen LogP contribution in [0.5, 0.6) is 0 Å². The molecule has 1 aromatic carbocycles. The summed E-state index contributed by atoms with van der Waals surface area (Å²) in [6, 6.07) is 5.82. The van der Waals surface area contributed by atoms with E-state index < -0.39 is 0 Å². The molecule has 0 spiro atoms. The molecule has 1 fully saturated rings. The number of benzene rings is 1. The molecule has 0 bridgehead atoms. The summed E-state index contributed by atoms with van der Waals surface area (Å²) >= 11 is 0. The number of amides is 2. The minimum Gasteiger partial charge on any atom is -0.326 e. The number of hydrogen-bond acceptors (Lipinski definition) is 2. The lowest BCUT2D eigenvalue weighted by molar-refractivity contribution is -0.119. The maximum absolute atomic E-state index is 12.0. The van der Waals surface area contributed by atoms with Crippen LogP contribution in [0.25, 0.3) is 0 Å². The fourth-order valence-electron chi connectivity index (χ4n) is 2.60. The van der Waals surface area contributed by atoms with E-state index in [0.717, 1.165) is 29.9 Å². The number of nitrogens with zero attached hydrogens (tertiary/aromatic N) is 1. The highest BCUT2D eigenvalue weighted by Crippen LogP contribution is 2.36. The molecule has 1 N–H and O–H groups in total. The summed E-state index contributed by atoms with van der Waals surface area (Å²) in [5.41, 5.74) is 3.00. The second-order valence-electron chi connectivity index (χ2n) is 5.47. The van der Waals surface area contributed by atoms with Gasteiger partial charge in [0.05, 0.1) is 0 Å². The molecule has 2 aliphatic rings. The lowest BCUT2D eigenvalue weighted by Crippen LogP contribution is -2.36. The van der Waals surface area contributed by atoms with Gasteiger partial charge in [-0.25, -0.2) is 0 Å². The van der Waals surface area contributed by atoms with Crippen molar-refractivity contribution in [2.75, 3.05) is 16.8 Å². The molecule has 19 heavy (non-hydrogen) atoms. The van der Waals surface area contributed by atoms with E-state index >= 15 is 0 Å². The summed E-state index contributed by atoms with van der Waals surface area (Å²) in [7, 11) is 0. The zero-order valence-corrected chi connectivity index (χ0v) is 11.1. The number of hydrogen-bond donors (Lipinski definition) is 1. The Morgan fingerprint density at radius 1 is 1.37 bits per heavy atom. The van der Waals surface area contributed by atoms with Crippen LogP contribution in [0.1, 0.15) is 31.7 Å². The van der Waals surface area contributed by atoms with Gasteiger partial charge < -0.3 is 10.2 Å². The Labute approximate surface area is 112 Å². The summed E-state index contributed by atoms with van der Waals surface area (Å²) < 4.78 is 0. The van der Waals surface area contributed by atoms with Crippen LogP contribution < -0.4 is 10.2 Å². The van der Waals surface area contributed by atoms with Crippen LogP contribution in [-0.2, 0) is 16.0 Å². The summed E-state index contributed by atoms with van der Waals surface area (Å²) in [6.45, 7) is 2.35. The van der Waals surface area contributed by atoms with Crippen molar-refractivity contribution in [1.29, 1.82) is 0 Å². The number of rotatable bonds is 3. The first-order valence-corrected chi connectivity index (χ1v) is 6.84. The number of nitrogens with one attached hydrogen (secondary N) is 1. The molecule has 2 amide bonds. The van der Waals surface area contributed by atoms with E-state index in [1.165, 1.54) is 19.8 Å². The number of aryl methyl sites for hydroxylation is 1. The summed E-state index contributed by atoms with van der Waals surface area (Å²) in [5.74, 6) is 0.846. The predicted molar refractivity (Wildman–Crippen MR) is 74.1 cm³/mol. The van der Waals surface area contributed by atoms with Crippen LogP contribution in [0.4, 0.5) is 11.4 Å². The fourth-order valence-corrected chi connectivity index (χ4v) is 2.60. The largest absolute Gasteiger partial charge is 0.326 e. The number of anilines is 2. The van der Waals surface area contributed by atoms with Gasteiger partial charge in [0, 0.05) is 31.3 Å². The molecule has 1 aromatic rings. The molecule has 0 unspecified atom stereocenters. The van der Waals surface area contributed by atoms with Crippen LogP contribution >= 0.6 is 0 Å². The second-order valence-corrected chi connectivity index (χ2v) is 5.47. The molecular formula is C15H18N2O2. The quantitative estimate of drug-likeness (QED) is 0.904. The molecule has 0 saturated heterocycles. The molecule has 100 valence electrons. The number of fused-ring (bicyclic) bond motifs is 1. The molecular weight excluding hydrogens is 240 g/mol. The minimum absolute atomic E-state index is 0.0679. The Morgan fingerprint density at radius 3 is 2.84 bits per heavy atom. The van der Waals surface area contributed by atoms with Gasteiger partial charge in [-0.15, -0.1) is 0 Å². The molecule has 1 aliphatic heterocycles. The first kappa shape index (κ1) is 12.2.